The third-order valence-electron chi connectivity index (χ3n) is 4.62. The summed E-state index contributed by atoms with van der Waals surface area (Å²) >= 11 is 6.03. The minimum absolute atomic E-state index is 0.00462. The summed E-state index contributed by atoms with van der Waals surface area (Å²) in [6.45, 7) is 2.69. The van der Waals surface area contributed by atoms with E-state index >= 15 is 0 Å². The number of carbonyl (C=O) groups excluding carboxylic acids is 1. The van der Waals surface area contributed by atoms with Crippen molar-refractivity contribution in [3.05, 3.63) is 70.6 Å². The lowest BCUT2D eigenvalue weighted by Crippen LogP contribution is -2.30. The molecule has 6 heteroatoms. The zero-order chi connectivity index (χ0) is 18.1. The lowest BCUT2D eigenvalue weighted by molar-refractivity contribution is 0.0710. The van der Waals surface area contributed by atoms with E-state index in [1.54, 1.807) is 12.1 Å². The Kier molecular flexibility index (Phi) is 4.47. The quantitative estimate of drug-likeness (QED) is 0.674. The minimum atomic E-state index is -0.191. The normalized spacial score (nSPS) is 16.8. The van der Waals surface area contributed by atoms with Crippen LogP contribution in [-0.2, 0) is 0 Å². The molecule has 1 aliphatic heterocycles. The molecule has 5 nitrogen and oxygen atoms in total. The zero-order valence-electron chi connectivity index (χ0n) is 14.4. The van der Waals surface area contributed by atoms with Crippen LogP contribution in [0.5, 0.6) is 0 Å². The van der Waals surface area contributed by atoms with E-state index in [9.17, 15) is 4.79 Å². The van der Waals surface area contributed by atoms with E-state index in [2.05, 4.69) is 10.1 Å². The molecule has 26 heavy (non-hydrogen) atoms. The van der Waals surface area contributed by atoms with Crippen molar-refractivity contribution in [2.24, 2.45) is 0 Å². The fourth-order valence-corrected chi connectivity index (χ4v) is 3.43. The smallest absolute Gasteiger partial charge is 0.254 e. The Labute approximate surface area is 156 Å². The number of hydrogen-bond donors (Lipinski definition) is 0. The number of aryl methyl sites for hydroxylation is 1. The average Bonchev–Trinajstić information content (AvgIpc) is 3.31. The third kappa shape index (κ3) is 3.22. The van der Waals surface area contributed by atoms with Crippen LogP contribution in [0.4, 0.5) is 0 Å². The van der Waals surface area contributed by atoms with E-state index < -0.39 is 0 Å². The number of hydrogen-bond acceptors (Lipinski definition) is 4. The van der Waals surface area contributed by atoms with Gasteiger partial charge in [-0.3, -0.25) is 4.79 Å². The van der Waals surface area contributed by atoms with Gasteiger partial charge >= 0.3 is 0 Å². The molecule has 0 saturated carbocycles. The van der Waals surface area contributed by atoms with E-state index in [0.717, 1.165) is 24.0 Å². The molecule has 3 aromatic rings. The Morgan fingerprint density at radius 3 is 2.81 bits per heavy atom. The van der Waals surface area contributed by atoms with Gasteiger partial charge in [0.1, 0.15) is 6.04 Å². The van der Waals surface area contributed by atoms with Crippen molar-refractivity contribution >= 4 is 17.5 Å². The highest BCUT2D eigenvalue weighted by Gasteiger charge is 2.34. The van der Waals surface area contributed by atoms with Crippen LogP contribution in [0.25, 0.3) is 11.4 Å². The largest absolute Gasteiger partial charge is 0.337 e. The maximum atomic E-state index is 12.9. The molecule has 0 N–H and O–H groups in total. The van der Waals surface area contributed by atoms with E-state index in [-0.39, 0.29) is 11.9 Å². The van der Waals surface area contributed by atoms with Gasteiger partial charge in [0.2, 0.25) is 11.7 Å². The van der Waals surface area contributed by atoms with E-state index in [0.29, 0.717) is 28.8 Å². The van der Waals surface area contributed by atoms with Crippen LogP contribution in [0.3, 0.4) is 0 Å². The van der Waals surface area contributed by atoms with Crippen molar-refractivity contribution < 1.29 is 9.32 Å². The molecular formula is C20H18ClN3O2. The third-order valence-corrected chi connectivity index (χ3v) is 4.86. The van der Waals surface area contributed by atoms with Crippen LogP contribution in [0.2, 0.25) is 5.02 Å². The molecule has 132 valence electrons. The van der Waals surface area contributed by atoms with Crippen LogP contribution in [0.1, 0.15) is 40.7 Å². The molecule has 1 unspecified atom stereocenters. The fourth-order valence-electron chi connectivity index (χ4n) is 3.24. The van der Waals surface area contributed by atoms with E-state index in [1.807, 2.05) is 48.2 Å². The van der Waals surface area contributed by atoms with E-state index in [4.69, 9.17) is 16.1 Å². The predicted molar refractivity (Wildman–Crippen MR) is 98.9 cm³/mol. The summed E-state index contributed by atoms with van der Waals surface area (Å²) in [6, 6.07) is 14.7. The standard InChI is InChI=1S/C20H18ClN3O2/c1-13-7-9-14(10-8-13)20(25)24-11-3-6-17(24)19-22-18(23-26-19)15-4-2-5-16(21)12-15/h2,4-5,7-10,12,17H,3,6,11H2,1H3. The first kappa shape index (κ1) is 16.8. The summed E-state index contributed by atoms with van der Waals surface area (Å²) in [5, 5.41) is 4.68. The highest BCUT2D eigenvalue weighted by Crippen LogP contribution is 2.33. The van der Waals surface area contributed by atoms with Gasteiger partial charge in [0, 0.05) is 22.7 Å². The number of likely N-dealkylation sites (tertiary alicyclic amines) is 1. The van der Waals surface area contributed by atoms with Gasteiger partial charge in [0.25, 0.3) is 5.91 Å². The van der Waals surface area contributed by atoms with Crippen molar-refractivity contribution in [2.75, 3.05) is 6.54 Å². The summed E-state index contributed by atoms with van der Waals surface area (Å²) in [5.74, 6) is 0.949. The van der Waals surface area contributed by atoms with Crippen LogP contribution in [-0.4, -0.2) is 27.5 Å². The molecule has 2 aromatic carbocycles. The molecule has 1 aliphatic rings. The van der Waals surface area contributed by atoms with Crippen molar-refractivity contribution in [3.63, 3.8) is 0 Å². The Morgan fingerprint density at radius 2 is 2.04 bits per heavy atom. The number of nitrogens with zero attached hydrogens (tertiary/aromatic N) is 3. The van der Waals surface area contributed by atoms with Gasteiger partial charge in [-0.05, 0) is 44.0 Å². The maximum absolute atomic E-state index is 12.9. The van der Waals surface area contributed by atoms with Crippen molar-refractivity contribution in [2.45, 2.75) is 25.8 Å². The molecule has 2 heterocycles. The van der Waals surface area contributed by atoms with Crippen LogP contribution >= 0.6 is 11.6 Å². The molecular weight excluding hydrogens is 350 g/mol. The second-order valence-corrected chi connectivity index (χ2v) is 6.93. The van der Waals surface area contributed by atoms with Crippen molar-refractivity contribution in [3.8, 4) is 11.4 Å². The molecule has 0 radical (unpaired) electrons. The molecule has 1 fully saturated rings. The van der Waals surface area contributed by atoms with Crippen LogP contribution in [0, 0.1) is 6.92 Å². The number of benzene rings is 2. The summed E-state index contributed by atoms with van der Waals surface area (Å²) < 4.78 is 5.48. The lowest BCUT2D eigenvalue weighted by Gasteiger charge is -2.22. The second kappa shape index (κ2) is 6.92. The molecule has 1 aromatic heterocycles. The monoisotopic (exact) mass is 367 g/mol. The maximum Gasteiger partial charge on any atom is 0.254 e. The average molecular weight is 368 g/mol. The van der Waals surface area contributed by atoms with Gasteiger partial charge in [0.05, 0.1) is 0 Å². The first-order chi connectivity index (χ1) is 12.6. The van der Waals surface area contributed by atoms with E-state index in [1.165, 1.54) is 0 Å². The van der Waals surface area contributed by atoms with Gasteiger partial charge in [-0.1, -0.05) is 46.6 Å². The van der Waals surface area contributed by atoms with Crippen molar-refractivity contribution in [1.29, 1.82) is 0 Å². The predicted octanol–water partition coefficient (Wildman–Crippen LogP) is 4.68. The Balaban J connectivity index is 1.59. The minimum Gasteiger partial charge on any atom is -0.337 e. The van der Waals surface area contributed by atoms with Gasteiger partial charge in [0.15, 0.2) is 0 Å². The summed E-state index contributed by atoms with van der Waals surface area (Å²) in [7, 11) is 0. The Hall–Kier alpha value is -2.66. The number of carbonyl (C=O) groups is 1. The van der Waals surface area contributed by atoms with Crippen molar-refractivity contribution in [1.82, 2.24) is 15.0 Å². The highest BCUT2D eigenvalue weighted by molar-refractivity contribution is 6.30. The topological polar surface area (TPSA) is 59.2 Å². The number of amides is 1. The number of halogens is 1. The Morgan fingerprint density at radius 1 is 1.23 bits per heavy atom. The Bertz CT molecular complexity index is 936. The van der Waals surface area contributed by atoms with Gasteiger partial charge in [-0.25, -0.2) is 0 Å². The molecule has 0 bridgehead atoms. The van der Waals surface area contributed by atoms with Crippen LogP contribution < -0.4 is 0 Å². The first-order valence-electron chi connectivity index (χ1n) is 8.59. The summed E-state index contributed by atoms with van der Waals surface area (Å²) in [4.78, 5) is 19.2. The summed E-state index contributed by atoms with van der Waals surface area (Å²) in [6.07, 6.45) is 1.73. The molecule has 0 spiro atoms. The molecule has 1 atom stereocenters. The number of aromatic nitrogens is 2. The zero-order valence-corrected chi connectivity index (χ0v) is 15.1. The van der Waals surface area contributed by atoms with Gasteiger partial charge < -0.3 is 9.42 Å². The van der Waals surface area contributed by atoms with Gasteiger partial charge in [-0.15, -0.1) is 0 Å². The fraction of sp³-hybridized carbons (Fsp3) is 0.250. The highest BCUT2D eigenvalue weighted by atomic mass is 35.5. The van der Waals surface area contributed by atoms with Gasteiger partial charge in [-0.2, -0.15) is 4.98 Å². The molecule has 0 aliphatic carbocycles. The second-order valence-electron chi connectivity index (χ2n) is 6.49. The number of rotatable bonds is 3. The lowest BCUT2D eigenvalue weighted by atomic mass is 10.1. The van der Waals surface area contributed by atoms with Crippen LogP contribution in [0.15, 0.2) is 53.1 Å². The SMILES string of the molecule is Cc1ccc(C(=O)N2CCCC2c2nc(-c3cccc(Cl)c3)no2)cc1. The molecule has 1 saturated heterocycles. The molecule has 1 amide bonds. The first-order valence-corrected chi connectivity index (χ1v) is 8.97. The summed E-state index contributed by atoms with van der Waals surface area (Å²) in [5.41, 5.74) is 2.60. The molecule has 4 rings (SSSR count).